The van der Waals surface area contributed by atoms with Crippen molar-refractivity contribution in [1.29, 1.82) is 0 Å². The lowest BCUT2D eigenvalue weighted by Gasteiger charge is -2.12. The van der Waals surface area contributed by atoms with E-state index < -0.39 is 5.97 Å². The van der Waals surface area contributed by atoms with Gasteiger partial charge in [-0.2, -0.15) is 0 Å². The highest BCUT2D eigenvalue weighted by Crippen LogP contribution is 2.21. The molecule has 0 radical (unpaired) electrons. The third-order valence-corrected chi connectivity index (χ3v) is 3.21. The molecule has 0 aliphatic carbocycles. The van der Waals surface area contributed by atoms with Gasteiger partial charge in [0.25, 0.3) is 0 Å². The minimum atomic E-state index is -1.05. The van der Waals surface area contributed by atoms with Crippen molar-refractivity contribution in [2.24, 2.45) is 0 Å². The first-order valence-electron chi connectivity index (χ1n) is 5.41. The van der Waals surface area contributed by atoms with E-state index >= 15 is 0 Å². The Morgan fingerprint density at radius 1 is 1.28 bits per heavy atom. The van der Waals surface area contributed by atoms with Crippen molar-refractivity contribution >= 4 is 34.2 Å². The molecule has 1 aromatic carbocycles. The predicted octanol–water partition coefficient (Wildman–Crippen LogP) is 3.76. The van der Waals surface area contributed by atoms with Crippen LogP contribution in [0.25, 0.3) is 0 Å². The van der Waals surface area contributed by atoms with Crippen LogP contribution in [0.3, 0.4) is 0 Å². The minimum Gasteiger partial charge on any atom is -0.475 e. The number of carboxylic acid groups (broad SMARTS) is 1. The molecule has 2 aromatic rings. The summed E-state index contributed by atoms with van der Waals surface area (Å²) in [5, 5.41) is 12.0. The van der Waals surface area contributed by atoms with Crippen LogP contribution in [0.1, 0.15) is 29.3 Å². The second kappa shape index (κ2) is 5.43. The first-order chi connectivity index (χ1) is 8.56. The molecular formula is C13H12INO3. The number of carboxylic acids is 1. The first kappa shape index (κ1) is 12.9. The maximum Gasteiger partial charge on any atom is 0.371 e. The molecule has 1 atom stereocenters. The molecule has 0 saturated carbocycles. The maximum atomic E-state index is 10.7. The second-order valence-electron chi connectivity index (χ2n) is 3.88. The van der Waals surface area contributed by atoms with Gasteiger partial charge in [0, 0.05) is 9.26 Å². The Bertz CT molecular complexity index is 548. The topological polar surface area (TPSA) is 62.5 Å². The van der Waals surface area contributed by atoms with Gasteiger partial charge in [0.1, 0.15) is 5.76 Å². The number of hydrogen-bond donors (Lipinski definition) is 2. The fourth-order valence-corrected chi connectivity index (χ4v) is 1.93. The van der Waals surface area contributed by atoms with Gasteiger partial charge in [-0.15, -0.1) is 0 Å². The van der Waals surface area contributed by atoms with Crippen molar-refractivity contribution in [3.05, 3.63) is 51.5 Å². The van der Waals surface area contributed by atoms with Crippen LogP contribution in [0.15, 0.2) is 40.8 Å². The van der Waals surface area contributed by atoms with Crippen LogP contribution in [-0.2, 0) is 0 Å². The molecule has 0 amide bonds. The highest BCUT2D eigenvalue weighted by Gasteiger charge is 2.13. The Labute approximate surface area is 118 Å². The largest absolute Gasteiger partial charge is 0.475 e. The lowest BCUT2D eigenvalue weighted by Crippen LogP contribution is -2.05. The molecule has 1 unspecified atom stereocenters. The smallest absolute Gasteiger partial charge is 0.371 e. The summed E-state index contributed by atoms with van der Waals surface area (Å²) >= 11 is 2.24. The molecule has 1 heterocycles. The molecule has 1 aromatic heterocycles. The van der Waals surface area contributed by atoms with Crippen LogP contribution in [0, 0.1) is 3.57 Å². The van der Waals surface area contributed by atoms with Gasteiger partial charge in [0.05, 0.1) is 6.04 Å². The third kappa shape index (κ3) is 3.04. The summed E-state index contributed by atoms with van der Waals surface area (Å²) < 4.78 is 6.40. The molecule has 0 aliphatic heterocycles. The third-order valence-electron chi connectivity index (χ3n) is 2.49. The Balaban J connectivity index is 2.09. The van der Waals surface area contributed by atoms with Crippen LogP contribution >= 0.6 is 22.6 Å². The van der Waals surface area contributed by atoms with E-state index in [1.54, 1.807) is 6.07 Å². The SMILES string of the molecule is CC(Nc1ccc(I)cc1)c1ccc(C(=O)O)o1. The van der Waals surface area contributed by atoms with E-state index in [0.717, 1.165) is 9.26 Å². The zero-order valence-corrected chi connectivity index (χ0v) is 11.8. The minimum absolute atomic E-state index is 0.0405. The van der Waals surface area contributed by atoms with Crippen LogP contribution in [0.5, 0.6) is 0 Å². The molecular weight excluding hydrogens is 345 g/mol. The quantitative estimate of drug-likeness (QED) is 0.818. The van der Waals surface area contributed by atoms with Crippen LogP contribution in [0.2, 0.25) is 0 Å². The van der Waals surface area contributed by atoms with Gasteiger partial charge in [-0.05, 0) is 65.9 Å². The number of aromatic carboxylic acids is 1. The van der Waals surface area contributed by atoms with Crippen molar-refractivity contribution in [3.8, 4) is 0 Å². The fourth-order valence-electron chi connectivity index (χ4n) is 1.57. The van der Waals surface area contributed by atoms with Crippen LogP contribution in [0.4, 0.5) is 5.69 Å². The van der Waals surface area contributed by atoms with Crippen LogP contribution < -0.4 is 5.32 Å². The monoisotopic (exact) mass is 357 g/mol. The van der Waals surface area contributed by atoms with Gasteiger partial charge < -0.3 is 14.8 Å². The fraction of sp³-hybridized carbons (Fsp3) is 0.154. The van der Waals surface area contributed by atoms with Gasteiger partial charge >= 0.3 is 5.97 Å². The number of nitrogens with one attached hydrogen (secondary N) is 1. The van der Waals surface area contributed by atoms with E-state index in [-0.39, 0.29) is 11.8 Å². The molecule has 2 rings (SSSR count). The number of carbonyl (C=O) groups is 1. The van der Waals surface area contributed by atoms with E-state index in [4.69, 9.17) is 9.52 Å². The number of hydrogen-bond acceptors (Lipinski definition) is 3. The Morgan fingerprint density at radius 2 is 1.94 bits per heavy atom. The molecule has 0 aliphatic rings. The number of anilines is 1. The summed E-state index contributed by atoms with van der Waals surface area (Å²) in [5.41, 5.74) is 0.969. The van der Waals surface area contributed by atoms with E-state index in [1.165, 1.54) is 6.07 Å². The van der Waals surface area contributed by atoms with E-state index in [9.17, 15) is 4.79 Å². The summed E-state index contributed by atoms with van der Waals surface area (Å²) in [4.78, 5) is 10.7. The zero-order valence-electron chi connectivity index (χ0n) is 9.68. The average Bonchev–Trinajstić information content (AvgIpc) is 2.81. The lowest BCUT2D eigenvalue weighted by molar-refractivity contribution is 0.0660. The zero-order chi connectivity index (χ0) is 13.1. The normalized spacial score (nSPS) is 12.1. The second-order valence-corrected chi connectivity index (χ2v) is 5.13. The number of furan rings is 1. The van der Waals surface area contributed by atoms with E-state index in [2.05, 4.69) is 27.9 Å². The van der Waals surface area contributed by atoms with E-state index in [0.29, 0.717) is 5.76 Å². The number of halogens is 1. The Hall–Kier alpha value is -1.50. The molecule has 5 heteroatoms. The molecule has 0 saturated heterocycles. The first-order valence-corrected chi connectivity index (χ1v) is 6.49. The average molecular weight is 357 g/mol. The number of rotatable bonds is 4. The summed E-state index contributed by atoms with van der Waals surface area (Å²) in [6, 6.07) is 11.0. The van der Waals surface area contributed by atoms with Crippen LogP contribution in [-0.4, -0.2) is 11.1 Å². The Kier molecular flexibility index (Phi) is 3.90. The van der Waals surface area contributed by atoms with Crippen molar-refractivity contribution in [2.75, 3.05) is 5.32 Å². The van der Waals surface area contributed by atoms with Gasteiger partial charge in [-0.3, -0.25) is 0 Å². The van der Waals surface area contributed by atoms with Gasteiger partial charge in [0.2, 0.25) is 5.76 Å². The van der Waals surface area contributed by atoms with Crippen molar-refractivity contribution in [3.63, 3.8) is 0 Å². The van der Waals surface area contributed by atoms with Gasteiger partial charge in [-0.25, -0.2) is 4.79 Å². The molecule has 18 heavy (non-hydrogen) atoms. The van der Waals surface area contributed by atoms with Crippen molar-refractivity contribution in [1.82, 2.24) is 0 Å². The molecule has 0 bridgehead atoms. The maximum absolute atomic E-state index is 10.7. The summed E-state index contributed by atoms with van der Waals surface area (Å²) in [7, 11) is 0. The van der Waals surface area contributed by atoms with Crippen molar-refractivity contribution < 1.29 is 14.3 Å². The lowest BCUT2D eigenvalue weighted by atomic mass is 10.2. The predicted molar refractivity (Wildman–Crippen MR) is 76.9 cm³/mol. The van der Waals surface area contributed by atoms with Gasteiger partial charge in [0.15, 0.2) is 0 Å². The Morgan fingerprint density at radius 3 is 2.50 bits per heavy atom. The summed E-state index contributed by atoms with van der Waals surface area (Å²) in [6.07, 6.45) is 0. The molecule has 4 nitrogen and oxygen atoms in total. The van der Waals surface area contributed by atoms with Crippen molar-refractivity contribution in [2.45, 2.75) is 13.0 Å². The molecule has 2 N–H and O–H groups in total. The van der Waals surface area contributed by atoms with Gasteiger partial charge in [-0.1, -0.05) is 0 Å². The standard InChI is InChI=1S/C13H12INO3/c1-8(11-6-7-12(18-11)13(16)17)15-10-4-2-9(14)3-5-10/h2-8,15H,1H3,(H,16,17). The summed E-state index contributed by atoms with van der Waals surface area (Å²) in [6.45, 7) is 1.92. The highest BCUT2D eigenvalue weighted by molar-refractivity contribution is 14.1. The highest BCUT2D eigenvalue weighted by atomic mass is 127. The summed E-state index contributed by atoms with van der Waals surface area (Å²) in [5.74, 6) is -0.491. The molecule has 0 spiro atoms. The van der Waals surface area contributed by atoms with E-state index in [1.807, 2.05) is 31.2 Å². The molecule has 94 valence electrons. The molecule has 0 fully saturated rings. The number of benzene rings is 1.